The van der Waals surface area contributed by atoms with Gasteiger partial charge in [0.1, 0.15) is 12.6 Å². The summed E-state index contributed by atoms with van der Waals surface area (Å²) >= 11 is 11.1. The highest BCUT2D eigenvalue weighted by molar-refractivity contribution is 6.30. The van der Waals surface area contributed by atoms with Gasteiger partial charge in [0.05, 0.1) is 6.61 Å². The van der Waals surface area contributed by atoms with E-state index in [-0.39, 0.29) is 18.4 Å². The molecule has 3 rings (SSSR count). The maximum atomic E-state index is 11.9. The van der Waals surface area contributed by atoms with Crippen LogP contribution in [0.15, 0.2) is 73.3 Å². The Labute approximate surface area is 198 Å². The molecule has 1 heterocycles. The summed E-state index contributed by atoms with van der Waals surface area (Å²) < 4.78 is 5.28. The molecule has 1 atom stereocenters. The third-order valence-electron chi connectivity index (χ3n) is 3.83. The Hall–Kier alpha value is -2.87. The lowest BCUT2D eigenvalue weighted by molar-refractivity contribution is -0.154. The summed E-state index contributed by atoms with van der Waals surface area (Å²) in [7, 11) is 0. The predicted octanol–water partition coefficient (Wildman–Crippen LogP) is 3.64. The van der Waals surface area contributed by atoms with Crippen molar-refractivity contribution in [2.45, 2.75) is 19.4 Å². The maximum absolute atomic E-state index is 11.9. The van der Waals surface area contributed by atoms with Crippen LogP contribution in [0.3, 0.4) is 0 Å². The number of nitrogens with zero attached hydrogens (tertiary/aromatic N) is 1. The molecule has 0 radical (unpaired) electrons. The molecule has 0 aromatic heterocycles. The number of amides is 3. The van der Waals surface area contributed by atoms with Gasteiger partial charge in [0.15, 0.2) is 0 Å². The molecular weight excluding hydrogens is 453 g/mol. The van der Waals surface area contributed by atoms with Crippen LogP contribution in [-0.4, -0.2) is 48.4 Å². The van der Waals surface area contributed by atoms with Crippen molar-refractivity contribution < 1.29 is 19.1 Å². The van der Waals surface area contributed by atoms with E-state index in [0.29, 0.717) is 19.6 Å². The number of benzene rings is 2. The largest absolute Gasteiger partial charge is 0.366 e. The summed E-state index contributed by atoms with van der Waals surface area (Å²) in [6, 6.07) is 18.9. The Morgan fingerprint density at radius 3 is 2.00 bits per heavy atom. The number of carbonyl (C=O) groups excluding carboxylic acids is 3. The topological polar surface area (TPSA) is 87.7 Å². The standard InChI is InChI=1S/C11H17N3O4.2C6H5Cl/c1-3-4-9-11(17)14(5-6-18-9)7-10(16)13-12-8(2)15;2*7-6-4-2-1-3-5-6/h3,9H,1,4-7H2,2H3,(H,12,15)(H,13,16);2*1-5H. The van der Waals surface area contributed by atoms with E-state index >= 15 is 0 Å². The molecule has 0 aliphatic carbocycles. The van der Waals surface area contributed by atoms with Crippen molar-refractivity contribution in [1.29, 1.82) is 0 Å². The van der Waals surface area contributed by atoms with Gasteiger partial charge in [-0.05, 0) is 24.3 Å². The average molecular weight is 480 g/mol. The van der Waals surface area contributed by atoms with Crippen LogP contribution in [0.25, 0.3) is 0 Å². The molecular formula is C23H27Cl2N3O4. The summed E-state index contributed by atoms with van der Waals surface area (Å²) in [5, 5.41) is 1.59. The van der Waals surface area contributed by atoms with Gasteiger partial charge in [0.25, 0.3) is 11.8 Å². The highest BCUT2D eigenvalue weighted by Crippen LogP contribution is 2.10. The van der Waals surface area contributed by atoms with E-state index in [1.807, 2.05) is 60.7 Å². The zero-order valence-electron chi connectivity index (χ0n) is 17.8. The monoisotopic (exact) mass is 479 g/mol. The molecule has 2 aromatic rings. The molecule has 9 heteroatoms. The van der Waals surface area contributed by atoms with E-state index in [9.17, 15) is 14.4 Å². The first-order valence-electron chi connectivity index (χ1n) is 9.81. The van der Waals surface area contributed by atoms with Crippen LogP contribution >= 0.6 is 23.2 Å². The van der Waals surface area contributed by atoms with Crippen molar-refractivity contribution in [2.75, 3.05) is 19.7 Å². The first-order chi connectivity index (χ1) is 15.3. The Bertz CT molecular complexity index is 813. The molecule has 2 aromatic carbocycles. The number of nitrogens with one attached hydrogen (secondary N) is 2. The van der Waals surface area contributed by atoms with Gasteiger partial charge in [-0.25, -0.2) is 0 Å². The zero-order chi connectivity index (χ0) is 23.8. The number of ether oxygens (including phenoxy) is 1. The van der Waals surface area contributed by atoms with Gasteiger partial charge >= 0.3 is 0 Å². The molecule has 1 fully saturated rings. The van der Waals surface area contributed by atoms with E-state index in [1.165, 1.54) is 11.8 Å². The average Bonchev–Trinajstić information content (AvgIpc) is 2.77. The molecule has 7 nitrogen and oxygen atoms in total. The van der Waals surface area contributed by atoms with Crippen molar-refractivity contribution in [3.8, 4) is 0 Å². The quantitative estimate of drug-likeness (QED) is 0.517. The fourth-order valence-corrected chi connectivity index (χ4v) is 2.66. The summed E-state index contributed by atoms with van der Waals surface area (Å²) in [6.45, 7) is 5.47. The van der Waals surface area contributed by atoms with E-state index in [4.69, 9.17) is 27.9 Å². The van der Waals surface area contributed by atoms with Gasteiger partial charge in [-0.1, -0.05) is 65.7 Å². The van der Waals surface area contributed by atoms with Gasteiger partial charge in [-0.15, -0.1) is 6.58 Å². The molecule has 0 spiro atoms. The molecule has 3 amide bonds. The Morgan fingerprint density at radius 1 is 1.06 bits per heavy atom. The number of hydrazine groups is 1. The van der Waals surface area contributed by atoms with Crippen molar-refractivity contribution in [3.63, 3.8) is 0 Å². The fraction of sp³-hybridized carbons (Fsp3) is 0.261. The second kappa shape index (κ2) is 15.9. The number of hydrogen-bond acceptors (Lipinski definition) is 4. The summed E-state index contributed by atoms with van der Waals surface area (Å²) in [5.74, 6) is -1.06. The predicted molar refractivity (Wildman–Crippen MR) is 126 cm³/mol. The minimum Gasteiger partial charge on any atom is -0.366 e. The second-order valence-electron chi connectivity index (χ2n) is 6.46. The molecule has 1 unspecified atom stereocenters. The van der Waals surface area contributed by atoms with Crippen molar-refractivity contribution in [3.05, 3.63) is 83.4 Å². The molecule has 32 heavy (non-hydrogen) atoms. The number of halogens is 2. The Balaban J connectivity index is 0.000000295. The summed E-state index contributed by atoms with van der Waals surface area (Å²) in [4.78, 5) is 35.3. The van der Waals surface area contributed by atoms with Gasteiger partial charge in [-0.2, -0.15) is 0 Å². The SMILES string of the molecule is C=CCC1OCCN(CC(=O)NNC(C)=O)C1=O.Clc1ccccc1.Clc1ccccc1. The summed E-state index contributed by atoms with van der Waals surface area (Å²) in [5.41, 5.74) is 4.37. The smallest absolute Gasteiger partial charge is 0.257 e. The lowest BCUT2D eigenvalue weighted by Gasteiger charge is -2.31. The van der Waals surface area contributed by atoms with Crippen molar-refractivity contribution in [1.82, 2.24) is 15.8 Å². The first-order valence-corrected chi connectivity index (χ1v) is 10.6. The van der Waals surface area contributed by atoms with Crippen LogP contribution in [-0.2, 0) is 19.1 Å². The molecule has 1 saturated heterocycles. The van der Waals surface area contributed by atoms with Crippen LogP contribution in [0.5, 0.6) is 0 Å². The van der Waals surface area contributed by atoms with E-state index < -0.39 is 12.0 Å². The van der Waals surface area contributed by atoms with Crippen LogP contribution in [0.4, 0.5) is 0 Å². The fourth-order valence-electron chi connectivity index (χ4n) is 2.37. The molecule has 2 N–H and O–H groups in total. The molecule has 0 bridgehead atoms. The Kier molecular flexibility index (Phi) is 13.5. The van der Waals surface area contributed by atoms with E-state index in [2.05, 4.69) is 17.4 Å². The van der Waals surface area contributed by atoms with Crippen LogP contribution in [0.1, 0.15) is 13.3 Å². The maximum Gasteiger partial charge on any atom is 0.257 e. The van der Waals surface area contributed by atoms with Gasteiger partial charge in [0, 0.05) is 29.9 Å². The minimum absolute atomic E-state index is 0.101. The molecule has 1 aliphatic heterocycles. The number of rotatable bonds is 4. The van der Waals surface area contributed by atoms with Crippen LogP contribution < -0.4 is 10.9 Å². The summed E-state index contributed by atoms with van der Waals surface area (Å²) in [6.07, 6.45) is 1.45. The normalized spacial score (nSPS) is 14.7. The van der Waals surface area contributed by atoms with Crippen LogP contribution in [0.2, 0.25) is 10.0 Å². The minimum atomic E-state index is -0.565. The Morgan fingerprint density at radius 2 is 1.59 bits per heavy atom. The molecule has 0 saturated carbocycles. The highest BCUT2D eigenvalue weighted by Gasteiger charge is 2.29. The van der Waals surface area contributed by atoms with E-state index in [0.717, 1.165) is 10.0 Å². The molecule has 172 valence electrons. The van der Waals surface area contributed by atoms with Gasteiger partial charge in [0.2, 0.25) is 5.91 Å². The van der Waals surface area contributed by atoms with Crippen molar-refractivity contribution in [2.24, 2.45) is 0 Å². The first kappa shape index (κ1) is 27.2. The van der Waals surface area contributed by atoms with Crippen molar-refractivity contribution >= 4 is 40.9 Å². The van der Waals surface area contributed by atoms with Gasteiger partial charge < -0.3 is 9.64 Å². The van der Waals surface area contributed by atoms with Crippen LogP contribution in [0, 0.1) is 0 Å². The lowest BCUT2D eigenvalue weighted by atomic mass is 10.2. The third kappa shape index (κ3) is 12.1. The number of carbonyl (C=O) groups is 3. The third-order valence-corrected chi connectivity index (χ3v) is 4.33. The zero-order valence-corrected chi connectivity index (χ0v) is 19.3. The highest BCUT2D eigenvalue weighted by atomic mass is 35.5. The lowest BCUT2D eigenvalue weighted by Crippen LogP contribution is -2.53. The van der Waals surface area contributed by atoms with E-state index in [1.54, 1.807) is 6.08 Å². The molecule has 1 aliphatic rings. The second-order valence-corrected chi connectivity index (χ2v) is 7.34. The van der Waals surface area contributed by atoms with Gasteiger partial charge in [-0.3, -0.25) is 25.2 Å². The number of morpholine rings is 1. The number of hydrogen-bond donors (Lipinski definition) is 2.